The number of carbonyl (C=O) groups excluding carboxylic acids is 1. The lowest BCUT2D eigenvalue weighted by Crippen LogP contribution is -2.28. The lowest BCUT2D eigenvalue weighted by atomic mass is 9.95. The highest BCUT2D eigenvalue weighted by Crippen LogP contribution is 2.09. The van der Waals surface area contributed by atoms with Crippen molar-refractivity contribution in [3.63, 3.8) is 0 Å². The Morgan fingerprint density at radius 1 is 1.50 bits per heavy atom. The minimum Gasteiger partial charge on any atom is -0.396 e. The quantitative estimate of drug-likeness (QED) is 0.540. The van der Waals surface area contributed by atoms with Crippen molar-refractivity contribution in [2.75, 3.05) is 6.61 Å². The van der Waals surface area contributed by atoms with Crippen LogP contribution in [0.15, 0.2) is 0 Å². The third kappa shape index (κ3) is 2.45. The van der Waals surface area contributed by atoms with Gasteiger partial charge in [-0.2, -0.15) is 0 Å². The Bertz CT molecular complexity index is 103. The summed E-state index contributed by atoms with van der Waals surface area (Å²) in [5.74, 6) is -0.609. The average Bonchev–Trinajstić information content (AvgIpc) is 2.00. The van der Waals surface area contributed by atoms with E-state index in [1.807, 2.05) is 0 Å². The first-order valence-corrected chi connectivity index (χ1v) is 3.37. The zero-order chi connectivity index (χ0) is 8.15. The van der Waals surface area contributed by atoms with Gasteiger partial charge in [0.2, 0.25) is 0 Å². The first kappa shape index (κ1) is 9.59. The van der Waals surface area contributed by atoms with E-state index in [0.717, 1.165) is 0 Å². The van der Waals surface area contributed by atoms with E-state index in [0.29, 0.717) is 6.29 Å². The first-order chi connectivity index (χ1) is 4.63. The second-order valence-electron chi connectivity index (χ2n) is 2.65. The molecule has 0 rings (SSSR count). The van der Waals surface area contributed by atoms with Crippen LogP contribution in [0.1, 0.15) is 13.8 Å². The van der Waals surface area contributed by atoms with E-state index in [4.69, 9.17) is 5.11 Å². The number of hydrogen-bond donors (Lipinski definition) is 2. The van der Waals surface area contributed by atoms with E-state index >= 15 is 0 Å². The summed E-state index contributed by atoms with van der Waals surface area (Å²) in [5.41, 5.74) is 0. The Morgan fingerprint density at radius 3 is 2.30 bits per heavy atom. The molecule has 0 aliphatic heterocycles. The molecule has 0 aromatic heterocycles. The van der Waals surface area contributed by atoms with Gasteiger partial charge in [0.1, 0.15) is 6.29 Å². The van der Waals surface area contributed by atoms with Crippen LogP contribution in [-0.2, 0) is 4.79 Å². The molecule has 3 nitrogen and oxygen atoms in total. The normalized spacial score (nSPS) is 19.6. The van der Waals surface area contributed by atoms with Gasteiger partial charge in [-0.1, -0.05) is 13.8 Å². The maximum atomic E-state index is 10.1. The average molecular weight is 146 g/mol. The maximum absolute atomic E-state index is 10.1. The van der Waals surface area contributed by atoms with Crippen LogP contribution in [0.3, 0.4) is 0 Å². The molecule has 0 aromatic rings. The molecular weight excluding hydrogens is 132 g/mol. The van der Waals surface area contributed by atoms with Gasteiger partial charge in [0, 0.05) is 18.4 Å². The van der Waals surface area contributed by atoms with Crippen LogP contribution < -0.4 is 0 Å². The van der Waals surface area contributed by atoms with Crippen molar-refractivity contribution >= 4 is 6.29 Å². The molecule has 0 aliphatic carbocycles. The Balaban J connectivity index is 3.80. The number of rotatable bonds is 4. The molecule has 0 saturated carbocycles. The smallest absolute Gasteiger partial charge is 0.125 e. The van der Waals surface area contributed by atoms with Gasteiger partial charge in [0.05, 0.1) is 6.10 Å². The molecule has 3 atom stereocenters. The van der Waals surface area contributed by atoms with Gasteiger partial charge in [-0.3, -0.25) is 0 Å². The van der Waals surface area contributed by atoms with Crippen molar-refractivity contribution in [2.45, 2.75) is 20.0 Å². The maximum Gasteiger partial charge on any atom is 0.125 e. The van der Waals surface area contributed by atoms with Gasteiger partial charge >= 0.3 is 0 Å². The first-order valence-electron chi connectivity index (χ1n) is 3.37. The largest absolute Gasteiger partial charge is 0.396 e. The third-order valence-corrected chi connectivity index (χ3v) is 1.62. The van der Waals surface area contributed by atoms with Crippen molar-refractivity contribution in [2.24, 2.45) is 11.8 Å². The predicted molar refractivity (Wildman–Crippen MR) is 37.5 cm³/mol. The van der Waals surface area contributed by atoms with Gasteiger partial charge in [0.25, 0.3) is 0 Å². The minimum atomic E-state index is -0.720. The van der Waals surface area contributed by atoms with Crippen molar-refractivity contribution in [1.29, 1.82) is 0 Å². The Hall–Kier alpha value is -0.410. The zero-order valence-corrected chi connectivity index (χ0v) is 6.32. The lowest BCUT2D eigenvalue weighted by molar-refractivity contribution is -0.115. The van der Waals surface area contributed by atoms with Gasteiger partial charge in [-0.15, -0.1) is 0 Å². The fourth-order valence-corrected chi connectivity index (χ4v) is 0.707. The van der Waals surface area contributed by atoms with Crippen LogP contribution in [0.5, 0.6) is 0 Å². The van der Waals surface area contributed by atoms with Crippen LogP contribution in [0.25, 0.3) is 0 Å². The van der Waals surface area contributed by atoms with Gasteiger partial charge in [0.15, 0.2) is 0 Å². The topological polar surface area (TPSA) is 57.5 Å². The predicted octanol–water partition coefficient (Wildman–Crippen LogP) is -0.189. The summed E-state index contributed by atoms with van der Waals surface area (Å²) in [7, 11) is 0. The van der Waals surface area contributed by atoms with Crippen LogP contribution >= 0.6 is 0 Å². The number of aldehydes is 1. The van der Waals surface area contributed by atoms with Crippen molar-refractivity contribution in [3.05, 3.63) is 0 Å². The highest BCUT2D eigenvalue weighted by Gasteiger charge is 2.19. The van der Waals surface area contributed by atoms with E-state index in [1.165, 1.54) is 0 Å². The second kappa shape index (κ2) is 4.41. The Kier molecular flexibility index (Phi) is 4.23. The fourth-order valence-electron chi connectivity index (χ4n) is 0.707. The van der Waals surface area contributed by atoms with Gasteiger partial charge in [-0.05, 0) is 0 Å². The molecule has 60 valence electrons. The van der Waals surface area contributed by atoms with Crippen LogP contribution in [0.4, 0.5) is 0 Å². The summed E-state index contributed by atoms with van der Waals surface area (Å²) in [6.45, 7) is 3.24. The Labute approximate surface area is 60.7 Å². The third-order valence-electron chi connectivity index (χ3n) is 1.62. The number of carbonyl (C=O) groups is 1. The highest BCUT2D eigenvalue weighted by atomic mass is 16.3. The second-order valence-corrected chi connectivity index (χ2v) is 2.65. The summed E-state index contributed by atoms with van der Waals surface area (Å²) in [4.78, 5) is 10.1. The molecular formula is C7H14O3. The summed E-state index contributed by atoms with van der Waals surface area (Å²) >= 11 is 0. The number of aliphatic hydroxyl groups is 2. The minimum absolute atomic E-state index is 0.0840. The molecule has 3 heteroatoms. The molecule has 0 amide bonds. The van der Waals surface area contributed by atoms with Gasteiger partial charge in [-0.25, -0.2) is 0 Å². The molecule has 0 spiro atoms. The summed E-state index contributed by atoms with van der Waals surface area (Å²) < 4.78 is 0. The molecule has 0 radical (unpaired) electrons. The summed E-state index contributed by atoms with van der Waals surface area (Å²) in [5, 5.41) is 17.8. The standard InChI is InChI=1S/C7H14O3/c1-5(3-8)7(10)6(2)4-9/h3,5-7,9-10H,4H2,1-2H3/t5-,6-,7+/m1/s1. The molecule has 0 fully saturated rings. The van der Waals surface area contributed by atoms with Crippen LogP contribution in [0, 0.1) is 11.8 Å². The van der Waals surface area contributed by atoms with E-state index in [2.05, 4.69) is 0 Å². The molecule has 0 heterocycles. The van der Waals surface area contributed by atoms with Crippen molar-refractivity contribution < 1.29 is 15.0 Å². The molecule has 2 N–H and O–H groups in total. The van der Waals surface area contributed by atoms with E-state index in [-0.39, 0.29) is 18.4 Å². The zero-order valence-electron chi connectivity index (χ0n) is 6.32. The molecule has 10 heavy (non-hydrogen) atoms. The van der Waals surface area contributed by atoms with Crippen molar-refractivity contribution in [1.82, 2.24) is 0 Å². The SMILES string of the molecule is C[C@H](C=O)[C@H](O)[C@H](C)CO. The van der Waals surface area contributed by atoms with Crippen molar-refractivity contribution in [3.8, 4) is 0 Å². The van der Waals surface area contributed by atoms with E-state index < -0.39 is 6.10 Å². The van der Waals surface area contributed by atoms with Crippen LogP contribution in [-0.4, -0.2) is 29.2 Å². The van der Waals surface area contributed by atoms with E-state index in [9.17, 15) is 9.90 Å². The van der Waals surface area contributed by atoms with E-state index in [1.54, 1.807) is 13.8 Å². The summed E-state index contributed by atoms with van der Waals surface area (Å²) in [6.07, 6.45) is -0.0286. The fraction of sp³-hybridized carbons (Fsp3) is 0.857. The highest BCUT2D eigenvalue weighted by molar-refractivity contribution is 5.53. The van der Waals surface area contributed by atoms with Gasteiger partial charge < -0.3 is 15.0 Å². The van der Waals surface area contributed by atoms with Crippen LogP contribution in [0.2, 0.25) is 0 Å². The Morgan fingerprint density at radius 2 is 2.00 bits per heavy atom. The molecule has 0 aromatic carbocycles. The number of aliphatic hydroxyl groups excluding tert-OH is 2. The lowest BCUT2D eigenvalue weighted by Gasteiger charge is -2.18. The monoisotopic (exact) mass is 146 g/mol. The molecule has 0 bridgehead atoms. The molecule has 0 saturated heterocycles. The number of hydrogen-bond acceptors (Lipinski definition) is 3. The molecule has 0 aliphatic rings. The summed E-state index contributed by atoms with van der Waals surface area (Å²) in [6, 6.07) is 0. The molecule has 0 unspecified atom stereocenters.